The fraction of sp³-hybridized carbons (Fsp3) is 0.533. The highest BCUT2D eigenvalue weighted by atomic mass is 32.2. The zero-order valence-corrected chi connectivity index (χ0v) is 23.4. The molecule has 1 N–H and O–H groups in total. The van der Waals surface area contributed by atoms with Crippen molar-refractivity contribution in [2.45, 2.75) is 88.9 Å². The Morgan fingerprint density at radius 1 is 0.667 bits per heavy atom. The first-order valence-corrected chi connectivity index (χ1v) is 14.3. The third-order valence-electron chi connectivity index (χ3n) is 6.37. The van der Waals surface area contributed by atoms with Crippen LogP contribution in [0.3, 0.4) is 0 Å². The van der Waals surface area contributed by atoms with Crippen molar-refractivity contribution in [2.75, 3.05) is 26.2 Å². The van der Waals surface area contributed by atoms with E-state index in [0.29, 0.717) is 0 Å². The van der Waals surface area contributed by atoms with Gasteiger partial charge in [0.05, 0.1) is 37.7 Å². The highest BCUT2D eigenvalue weighted by Crippen LogP contribution is 2.28. The van der Waals surface area contributed by atoms with Crippen molar-refractivity contribution in [3.8, 4) is 0 Å². The molecule has 0 fully saturated rings. The maximum absolute atomic E-state index is 10.7. The summed E-state index contributed by atoms with van der Waals surface area (Å²) in [6, 6.07) is 12.8. The third kappa shape index (κ3) is 12.1. The molecular formula is C30H45NO4S. The maximum atomic E-state index is 10.7. The van der Waals surface area contributed by atoms with E-state index in [2.05, 4.69) is 27.7 Å². The van der Waals surface area contributed by atoms with Crippen LogP contribution in [0, 0.1) is 0 Å². The fourth-order valence-electron chi connectivity index (χ4n) is 4.11. The Balaban J connectivity index is 0.000000363. The van der Waals surface area contributed by atoms with Gasteiger partial charge in [-0.2, -0.15) is 0 Å². The number of nitrogens with zero attached hydrogens (tertiary/aromatic N) is 1. The molecule has 0 aliphatic carbocycles. The van der Waals surface area contributed by atoms with Crippen molar-refractivity contribution in [1.29, 1.82) is 0 Å². The lowest BCUT2D eigenvalue weighted by Gasteiger charge is -2.39. The summed E-state index contributed by atoms with van der Waals surface area (Å²) in [6.45, 7) is 15.0. The van der Waals surface area contributed by atoms with Gasteiger partial charge in [-0.3, -0.25) is 0 Å². The number of benzene rings is 2. The Kier molecular flexibility index (Phi) is 15.9. The second-order valence-corrected chi connectivity index (χ2v) is 10.5. The second kappa shape index (κ2) is 18.0. The number of aromatic carboxylic acids is 2. The van der Waals surface area contributed by atoms with E-state index in [1.54, 1.807) is 24.3 Å². The summed E-state index contributed by atoms with van der Waals surface area (Å²) in [5.41, 5.74) is 0.363. The van der Waals surface area contributed by atoms with E-state index < -0.39 is 11.9 Å². The molecule has 5 nitrogen and oxygen atoms in total. The lowest BCUT2D eigenvalue weighted by atomic mass is 10.1. The quantitative estimate of drug-likeness (QED) is 0.246. The number of rotatable bonds is 16. The van der Waals surface area contributed by atoms with Crippen LogP contribution in [0.15, 0.2) is 58.3 Å². The summed E-state index contributed by atoms with van der Waals surface area (Å²) in [5.74, 6) is -2.17. The molecule has 0 bridgehead atoms. The van der Waals surface area contributed by atoms with Crippen molar-refractivity contribution >= 4 is 23.7 Å². The van der Waals surface area contributed by atoms with E-state index in [0.717, 1.165) is 9.79 Å². The molecule has 0 aliphatic heterocycles. The summed E-state index contributed by atoms with van der Waals surface area (Å²) >= 11 is 1.42. The highest BCUT2D eigenvalue weighted by molar-refractivity contribution is 7.99. The van der Waals surface area contributed by atoms with Gasteiger partial charge in [0.2, 0.25) is 0 Å². The predicted molar refractivity (Wildman–Crippen MR) is 148 cm³/mol. The van der Waals surface area contributed by atoms with Gasteiger partial charge in [0.25, 0.3) is 0 Å². The van der Waals surface area contributed by atoms with Gasteiger partial charge in [-0.15, -0.1) is 0 Å². The third-order valence-corrected chi connectivity index (χ3v) is 7.39. The molecule has 0 atom stereocenters. The minimum absolute atomic E-state index is 0.130. The van der Waals surface area contributed by atoms with Crippen LogP contribution < -0.4 is 5.11 Å². The summed E-state index contributed by atoms with van der Waals surface area (Å²) in [7, 11) is 0. The van der Waals surface area contributed by atoms with E-state index in [4.69, 9.17) is 5.11 Å². The maximum Gasteiger partial charge on any atom is 0.335 e. The molecule has 6 heteroatoms. The first kappa shape index (κ1) is 31.7. The molecule has 0 unspecified atom stereocenters. The fourth-order valence-corrected chi connectivity index (χ4v) is 4.92. The number of hydrogen-bond donors (Lipinski definition) is 1. The van der Waals surface area contributed by atoms with Crippen molar-refractivity contribution in [3.63, 3.8) is 0 Å². The van der Waals surface area contributed by atoms with Gasteiger partial charge in [0.15, 0.2) is 0 Å². The number of hydrogen-bond acceptors (Lipinski definition) is 4. The van der Waals surface area contributed by atoms with Gasteiger partial charge in [-0.1, -0.05) is 77.3 Å². The molecule has 0 aliphatic rings. The first-order chi connectivity index (χ1) is 17.3. The predicted octanol–water partition coefficient (Wildman–Crippen LogP) is 6.90. The van der Waals surface area contributed by atoms with E-state index in [1.165, 1.54) is 118 Å². The SMILES string of the molecule is CCCC[N+](CCCC)(CCCC)CCCC.O=C([O-])c1ccc(Sc2ccc(C(=O)O)cc2)cc1. The van der Waals surface area contributed by atoms with E-state index in [9.17, 15) is 14.7 Å². The minimum Gasteiger partial charge on any atom is -0.545 e. The normalized spacial score (nSPS) is 11.0. The Bertz CT molecular complexity index is 788. The summed E-state index contributed by atoms with van der Waals surface area (Å²) in [6.07, 6.45) is 11.1. The topological polar surface area (TPSA) is 77.4 Å². The Morgan fingerprint density at radius 2 is 1.00 bits per heavy atom. The van der Waals surface area contributed by atoms with Gasteiger partial charge < -0.3 is 19.5 Å². The van der Waals surface area contributed by atoms with E-state index in [1.807, 2.05) is 0 Å². The van der Waals surface area contributed by atoms with Gasteiger partial charge >= 0.3 is 5.97 Å². The zero-order valence-electron chi connectivity index (χ0n) is 22.6. The van der Waals surface area contributed by atoms with Crippen molar-refractivity contribution in [2.24, 2.45) is 0 Å². The molecule has 2 aromatic carbocycles. The van der Waals surface area contributed by atoms with Crippen LogP contribution in [0.1, 0.15) is 99.8 Å². The average molecular weight is 516 g/mol. The molecule has 0 saturated heterocycles. The molecule has 0 radical (unpaired) electrons. The Hall–Kier alpha value is -2.31. The Labute approximate surface area is 222 Å². The van der Waals surface area contributed by atoms with Gasteiger partial charge in [0, 0.05) is 9.79 Å². The Morgan fingerprint density at radius 3 is 1.28 bits per heavy atom. The highest BCUT2D eigenvalue weighted by Gasteiger charge is 2.24. The lowest BCUT2D eigenvalue weighted by molar-refractivity contribution is -0.929. The molecule has 0 saturated carbocycles. The van der Waals surface area contributed by atoms with Crippen molar-refractivity contribution < 1.29 is 24.3 Å². The largest absolute Gasteiger partial charge is 0.545 e. The summed E-state index contributed by atoms with van der Waals surface area (Å²) in [4.78, 5) is 23.1. The number of carbonyl (C=O) groups is 2. The average Bonchev–Trinajstić information content (AvgIpc) is 2.89. The molecule has 0 heterocycles. The smallest absolute Gasteiger partial charge is 0.335 e. The number of quaternary nitrogens is 1. The second-order valence-electron chi connectivity index (χ2n) is 9.39. The van der Waals surface area contributed by atoms with Crippen LogP contribution in [-0.4, -0.2) is 47.7 Å². The molecule has 0 amide bonds. The number of carbonyl (C=O) groups excluding carboxylic acids is 1. The van der Waals surface area contributed by atoms with Crippen LogP contribution in [0.2, 0.25) is 0 Å². The molecule has 2 aromatic rings. The summed E-state index contributed by atoms with van der Waals surface area (Å²) in [5, 5.41) is 19.4. The summed E-state index contributed by atoms with van der Waals surface area (Å²) < 4.78 is 1.42. The van der Waals surface area contributed by atoms with Crippen LogP contribution in [0.5, 0.6) is 0 Å². The lowest BCUT2D eigenvalue weighted by Crippen LogP contribution is -2.50. The van der Waals surface area contributed by atoms with Gasteiger partial charge in [-0.05, 0) is 67.6 Å². The van der Waals surface area contributed by atoms with Crippen LogP contribution in [0.4, 0.5) is 0 Å². The van der Waals surface area contributed by atoms with Crippen LogP contribution >= 0.6 is 11.8 Å². The molecule has 0 aromatic heterocycles. The minimum atomic E-state index is -1.21. The van der Waals surface area contributed by atoms with Crippen LogP contribution in [0.25, 0.3) is 0 Å². The molecule has 200 valence electrons. The van der Waals surface area contributed by atoms with E-state index in [-0.39, 0.29) is 11.1 Å². The van der Waals surface area contributed by atoms with E-state index >= 15 is 0 Å². The molecule has 0 spiro atoms. The van der Waals surface area contributed by atoms with Gasteiger partial charge in [-0.25, -0.2) is 4.79 Å². The standard InChI is InChI=1S/C16H36N.C14H10O4S/c1-5-9-13-17(14-10-6-2,15-11-7-3)16-12-8-4;15-13(16)9-1-5-11(6-2-9)19-12-7-3-10(4-8-12)14(17)18/h5-16H2,1-4H3;1-8H,(H,15,16)(H,17,18)/q+1;/p-1. The molecule has 2 rings (SSSR count). The van der Waals surface area contributed by atoms with Crippen molar-refractivity contribution in [3.05, 3.63) is 59.7 Å². The molecular weight excluding hydrogens is 470 g/mol. The zero-order chi connectivity index (χ0) is 26.8. The first-order valence-electron chi connectivity index (χ1n) is 13.5. The number of unbranched alkanes of at least 4 members (excludes halogenated alkanes) is 4. The monoisotopic (exact) mass is 515 g/mol. The van der Waals surface area contributed by atoms with Crippen LogP contribution in [-0.2, 0) is 0 Å². The van der Waals surface area contributed by atoms with Gasteiger partial charge in [0.1, 0.15) is 0 Å². The number of carboxylic acids is 2. The number of carboxylic acid groups (broad SMARTS) is 2. The van der Waals surface area contributed by atoms with Crippen molar-refractivity contribution in [1.82, 2.24) is 0 Å². The molecule has 36 heavy (non-hydrogen) atoms.